The van der Waals surface area contributed by atoms with Gasteiger partial charge in [-0.2, -0.15) is 0 Å². The second-order valence-electron chi connectivity index (χ2n) is 7.16. The lowest BCUT2D eigenvalue weighted by Crippen LogP contribution is -2.36. The minimum atomic E-state index is -0.0804. The lowest BCUT2D eigenvalue weighted by molar-refractivity contribution is 0.104. The van der Waals surface area contributed by atoms with Crippen LogP contribution >= 0.6 is 0 Å². The molecule has 1 aliphatic rings. The van der Waals surface area contributed by atoms with Crippen LogP contribution in [0.1, 0.15) is 15.9 Å². The SMILES string of the molecule is O=C(c1cccnc1)c1c[nH]c2ncc(Nc3ccc(N4CCOCC4)cc3)cc12. The smallest absolute Gasteiger partial charge is 0.196 e. The third kappa shape index (κ3) is 3.62. The van der Waals surface area contributed by atoms with Crippen LogP contribution in [-0.2, 0) is 4.74 Å². The Kier molecular flexibility index (Phi) is 4.86. The molecule has 0 unspecified atom stereocenters. The van der Waals surface area contributed by atoms with Crippen LogP contribution in [0.4, 0.5) is 17.1 Å². The van der Waals surface area contributed by atoms with Crippen molar-refractivity contribution in [3.05, 3.63) is 78.4 Å². The molecule has 5 rings (SSSR count). The van der Waals surface area contributed by atoms with Gasteiger partial charge in [-0.1, -0.05) is 0 Å². The van der Waals surface area contributed by atoms with Crippen molar-refractivity contribution < 1.29 is 9.53 Å². The minimum absolute atomic E-state index is 0.0804. The van der Waals surface area contributed by atoms with Crippen LogP contribution < -0.4 is 10.2 Å². The topological polar surface area (TPSA) is 83.1 Å². The number of nitrogens with one attached hydrogen (secondary N) is 2. The number of fused-ring (bicyclic) bond motifs is 1. The molecule has 4 heterocycles. The number of carbonyl (C=O) groups excluding carboxylic acids is 1. The highest BCUT2D eigenvalue weighted by Crippen LogP contribution is 2.26. The molecule has 0 amide bonds. The number of carbonyl (C=O) groups is 1. The maximum absolute atomic E-state index is 12.9. The fourth-order valence-electron chi connectivity index (χ4n) is 3.66. The third-order valence-corrected chi connectivity index (χ3v) is 5.23. The van der Waals surface area contributed by atoms with E-state index in [1.165, 1.54) is 5.69 Å². The molecule has 0 radical (unpaired) electrons. The van der Waals surface area contributed by atoms with E-state index in [0.29, 0.717) is 16.8 Å². The molecular formula is C23H21N5O2. The van der Waals surface area contributed by atoms with Gasteiger partial charge in [-0.3, -0.25) is 9.78 Å². The molecule has 0 atom stereocenters. The van der Waals surface area contributed by atoms with Crippen molar-refractivity contribution in [2.45, 2.75) is 0 Å². The molecule has 3 aromatic heterocycles. The van der Waals surface area contributed by atoms with Crippen molar-refractivity contribution in [2.75, 3.05) is 36.5 Å². The van der Waals surface area contributed by atoms with Crippen LogP contribution in [0.15, 0.2) is 67.3 Å². The number of hydrogen-bond acceptors (Lipinski definition) is 6. The molecule has 1 aromatic carbocycles. The molecule has 4 aromatic rings. The summed E-state index contributed by atoms with van der Waals surface area (Å²) in [5, 5.41) is 4.16. The molecule has 1 saturated heterocycles. The van der Waals surface area contributed by atoms with Crippen LogP contribution in [0.3, 0.4) is 0 Å². The zero-order valence-corrected chi connectivity index (χ0v) is 16.3. The zero-order valence-electron chi connectivity index (χ0n) is 16.3. The van der Waals surface area contributed by atoms with E-state index in [9.17, 15) is 4.79 Å². The Morgan fingerprint density at radius 3 is 2.67 bits per heavy atom. The summed E-state index contributed by atoms with van der Waals surface area (Å²) in [6.45, 7) is 3.36. The van der Waals surface area contributed by atoms with Crippen molar-refractivity contribution in [3.8, 4) is 0 Å². The second kappa shape index (κ2) is 7.96. The van der Waals surface area contributed by atoms with Gasteiger partial charge < -0.3 is 19.9 Å². The predicted octanol–water partition coefficient (Wildman–Crippen LogP) is 3.77. The molecule has 2 N–H and O–H groups in total. The predicted molar refractivity (Wildman–Crippen MR) is 117 cm³/mol. The molecular weight excluding hydrogens is 378 g/mol. The molecule has 150 valence electrons. The van der Waals surface area contributed by atoms with Crippen molar-refractivity contribution >= 4 is 33.9 Å². The Balaban J connectivity index is 1.38. The first-order valence-electron chi connectivity index (χ1n) is 9.89. The molecule has 1 aliphatic heterocycles. The number of ketones is 1. The molecule has 1 fully saturated rings. The highest BCUT2D eigenvalue weighted by molar-refractivity contribution is 6.16. The van der Waals surface area contributed by atoms with Crippen molar-refractivity contribution in [2.24, 2.45) is 0 Å². The van der Waals surface area contributed by atoms with Crippen LogP contribution in [0.25, 0.3) is 11.0 Å². The number of benzene rings is 1. The summed E-state index contributed by atoms with van der Waals surface area (Å²) < 4.78 is 5.42. The number of aromatic nitrogens is 3. The molecule has 7 heteroatoms. The monoisotopic (exact) mass is 399 g/mol. The summed E-state index contributed by atoms with van der Waals surface area (Å²) in [5.41, 5.74) is 4.78. The normalized spacial score (nSPS) is 14.1. The van der Waals surface area contributed by atoms with Gasteiger partial charge in [0.2, 0.25) is 0 Å². The van der Waals surface area contributed by atoms with Crippen LogP contribution in [0.5, 0.6) is 0 Å². The highest BCUT2D eigenvalue weighted by atomic mass is 16.5. The first kappa shape index (κ1) is 18.3. The first-order chi connectivity index (χ1) is 14.8. The van der Waals surface area contributed by atoms with Crippen molar-refractivity contribution in [1.82, 2.24) is 15.0 Å². The van der Waals surface area contributed by atoms with Crippen molar-refractivity contribution in [1.29, 1.82) is 0 Å². The quantitative estimate of drug-likeness (QED) is 0.497. The average molecular weight is 399 g/mol. The Labute approximate surface area is 173 Å². The number of rotatable bonds is 5. The van der Waals surface area contributed by atoms with E-state index in [1.807, 2.05) is 18.2 Å². The number of H-pyrrole nitrogens is 1. The zero-order chi connectivity index (χ0) is 20.3. The molecule has 0 spiro atoms. The lowest BCUT2D eigenvalue weighted by Gasteiger charge is -2.28. The van der Waals surface area contributed by atoms with Gasteiger partial charge in [-0.25, -0.2) is 4.98 Å². The molecule has 0 saturated carbocycles. The number of ether oxygens (including phenoxy) is 1. The Bertz CT molecular complexity index is 1170. The van der Waals surface area contributed by atoms with E-state index in [2.05, 4.69) is 37.3 Å². The fraction of sp³-hybridized carbons (Fsp3) is 0.174. The Morgan fingerprint density at radius 1 is 1.07 bits per heavy atom. The van der Waals surface area contributed by atoms with E-state index >= 15 is 0 Å². The molecule has 7 nitrogen and oxygen atoms in total. The fourth-order valence-corrected chi connectivity index (χ4v) is 3.66. The van der Waals surface area contributed by atoms with Crippen molar-refractivity contribution in [3.63, 3.8) is 0 Å². The third-order valence-electron chi connectivity index (χ3n) is 5.23. The summed E-state index contributed by atoms with van der Waals surface area (Å²) in [7, 11) is 0. The van der Waals surface area contributed by atoms with Gasteiger partial charge in [0.15, 0.2) is 5.78 Å². The van der Waals surface area contributed by atoms with Crippen LogP contribution in [-0.4, -0.2) is 47.0 Å². The van der Waals surface area contributed by atoms with E-state index < -0.39 is 0 Å². The number of nitrogens with zero attached hydrogens (tertiary/aromatic N) is 3. The average Bonchev–Trinajstić information content (AvgIpc) is 3.23. The van der Waals surface area contributed by atoms with E-state index in [1.54, 1.807) is 36.9 Å². The first-order valence-corrected chi connectivity index (χ1v) is 9.89. The maximum Gasteiger partial charge on any atom is 0.196 e. The standard InChI is InChI=1S/C23H21N5O2/c29-22(16-2-1-7-24-13-16)21-15-26-23-20(21)12-18(14-25-23)27-17-3-5-19(6-4-17)28-8-10-30-11-9-28/h1-7,12-15,27H,8-11H2,(H,25,26). The van der Waals surface area contributed by atoms with Gasteiger partial charge in [0, 0.05) is 59.6 Å². The largest absolute Gasteiger partial charge is 0.378 e. The van der Waals surface area contributed by atoms with Gasteiger partial charge in [0.1, 0.15) is 5.65 Å². The van der Waals surface area contributed by atoms with Gasteiger partial charge in [-0.15, -0.1) is 0 Å². The van der Waals surface area contributed by atoms with Crippen LogP contribution in [0.2, 0.25) is 0 Å². The van der Waals surface area contributed by atoms with E-state index in [4.69, 9.17) is 4.74 Å². The summed E-state index contributed by atoms with van der Waals surface area (Å²) in [6, 6.07) is 13.8. The highest BCUT2D eigenvalue weighted by Gasteiger charge is 2.16. The Morgan fingerprint density at radius 2 is 1.90 bits per heavy atom. The van der Waals surface area contributed by atoms with Gasteiger partial charge in [0.05, 0.1) is 25.1 Å². The number of anilines is 3. The summed E-state index contributed by atoms with van der Waals surface area (Å²) >= 11 is 0. The second-order valence-corrected chi connectivity index (χ2v) is 7.16. The molecule has 30 heavy (non-hydrogen) atoms. The Hall–Kier alpha value is -3.71. The van der Waals surface area contributed by atoms with Gasteiger partial charge in [0.25, 0.3) is 0 Å². The minimum Gasteiger partial charge on any atom is -0.378 e. The number of hydrogen-bond donors (Lipinski definition) is 2. The number of aromatic amines is 1. The summed E-state index contributed by atoms with van der Waals surface area (Å²) in [4.78, 5) is 26.7. The van der Waals surface area contributed by atoms with Gasteiger partial charge in [-0.05, 0) is 42.5 Å². The van der Waals surface area contributed by atoms with Crippen LogP contribution in [0, 0.1) is 0 Å². The van der Waals surface area contributed by atoms with E-state index in [0.717, 1.165) is 43.1 Å². The number of pyridine rings is 2. The summed E-state index contributed by atoms with van der Waals surface area (Å²) in [5.74, 6) is -0.0804. The van der Waals surface area contributed by atoms with Gasteiger partial charge >= 0.3 is 0 Å². The van der Waals surface area contributed by atoms with E-state index in [-0.39, 0.29) is 5.78 Å². The lowest BCUT2D eigenvalue weighted by atomic mass is 10.1. The summed E-state index contributed by atoms with van der Waals surface area (Å²) in [6.07, 6.45) is 6.69. The number of morpholine rings is 1. The molecule has 0 bridgehead atoms. The maximum atomic E-state index is 12.9. The molecule has 0 aliphatic carbocycles.